The molecular formula is C26H25NO5. The average Bonchev–Trinajstić information content (AvgIpc) is 3.05. The SMILES string of the molecule is COc1cc(-c2cc(C)c(C)cc2CN2C(=O)c3ccccc3C2=O)cc(OC)c1OC. The van der Waals surface area contributed by atoms with Gasteiger partial charge in [0.2, 0.25) is 5.75 Å². The molecule has 6 heteroatoms. The van der Waals surface area contributed by atoms with Crippen LogP contribution in [0.25, 0.3) is 11.1 Å². The predicted molar refractivity (Wildman–Crippen MR) is 122 cm³/mol. The van der Waals surface area contributed by atoms with Crippen LogP contribution in [0.3, 0.4) is 0 Å². The second kappa shape index (κ2) is 8.38. The third-order valence-corrected chi connectivity index (χ3v) is 5.90. The number of hydrogen-bond donors (Lipinski definition) is 0. The number of nitrogens with zero attached hydrogens (tertiary/aromatic N) is 1. The summed E-state index contributed by atoms with van der Waals surface area (Å²) in [5.74, 6) is 1.02. The number of carbonyl (C=O) groups excluding carboxylic acids is 2. The van der Waals surface area contributed by atoms with Gasteiger partial charge in [0.1, 0.15) is 0 Å². The monoisotopic (exact) mass is 431 g/mol. The van der Waals surface area contributed by atoms with E-state index in [0.29, 0.717) is 28.4 Å². The van der Waals surface area contributed by atoms with Gasteiger partial charge in [0.15, 0.2) is 11.5 Å². The molecule has 1 aliphatic heterocycles. The van der Waals surface area contributed by atoms with Gasteiger partial charge in [-0.3, -0.25) is 14.5 Å². The fraction of sp³-hybridized carbons (Fsp3) is 0.231. The van der Waals surface area contributed by atoms with Crippen molar-refractivity contribution < 1.29 is 23.8 Å². The molecular weight excluding hydrogens is 406 g/mol. The smallest absolute Gasteiger partial charge is 0.261 e. The molecule has 0 saturated heterocycles. The summed E-state index contributed by atoms with van der Waals surface area (Å²) in [5, 5.41) is 0. The van der Waals surface area contributed by atoms with Crippen LogP contribution in [0.4, 0.5) is 0 Å². The molecule has 1 aliphatic rings. The molecule has 3 aromatic carbocycles. The Morgan fingerprint density at radius 1 is 0.719 bits per heavy atom. The van der Waals surface area contributed by atoms with Crippen LogP contribution in [0.15, 0.2) is 48.5 Å². The molecule has 0 bridgehead atoms. The van der Waals surface area contributed by atoms with Crippen LogP contribution in [0.1, 0.15) is 37.4 Å². The van der Waals surface area contributed by atoms with Gasteiger partial charge in [0.05, 0.1) is 39.0 Å². The molecule has 6 nitrogen and oxygen atoms in total. The van der Waals surface area contributed by atoms with Crippen molar-refractivity contribution in [2.75, 3.05) is 21.3 Å². The molecule has 0 aliphatic carbocycles. The van der Waals surface area contributed by atoms with E-state index in [1.165, 1.54) is 4.90 Å². The summed E-state index contributed by atoms with van der Waals surface area (Å²) < 4.78 is 16.5. The Labute approximate surface area is 187 Å². The Kier molecular flexibility index (Phi) is 5.61. The zero-order valence-electron chi connectivity index (χ0n) is 18.8. The Bertz CT molecular complexity index is 1170. The highest BCUT2D eigenvalue weighted by molar-refractivity contribution is 6.21. The van der Waals surface area contributed by atoms with Crippen molar-refractivity contribution in [3.63, 3.8) is 0 Å². The molecule has 0 spiro atoms. The van der Waals surface area contributed by atoms with E-state index < -0.39 is 0 Å². The molecule has 0 N–H and O–H groups in total. The summed E-state index contributed by atoms with van der Waals surface area (Å²) in [6.45, 7) is 4.21. The minimum Gasteiger partial charge on any atom is -0.493 e. The van der Waals surface area contributed by atoms with Gasteiger partial charge >= 0.3 is 0 Å². The molecule has 2 amide bonds. The number of methoxy groups -OCH3 is 3. The molecule has 0 aromatic heterocycles. The van der Waals surface area contributed by atoms with Gasteiger partial charge in [-0.2, -0.15) is 0 Å². The first kappa shape index (κ1) is 21.4. The first-order valence-corrected chi connectivity index (χ1v) is 10.2. The molecule has 3 aromatic rings. The van der Waals surface area contributed by atoms with Gasteiger partial charge in [0, 0.05) is 0 Å². The number of imide groups is 1. The Hall–Kier alpha value is -3.80. The van der Waals surface area contributed by atoms with Crippen LogP contribution in [0.5, 0.6) is 17.2 Å². The van der Waals surface area contributed by atoms with Gasteiger partial charge in [-0.15, -0.1) is 0 Å². The van der Waals surface area contributed by atoms with Crippen LogP contribution in [-0.4, -0.2) is 38.0 Å². The molecule has 4 rings (SSSR count). The van der Waals surface area contributed by atoms with Crippen LogP contribution in [0.2, 0.25) is 0 Å². The lowest BCUT2D eigenvalue weighted by Gasteiger charge is -2.20. The number of hydrogen-bond acceptors (Lipinski definition) is 5. The highest BCUT2D eigenvalue weighted by Crippen LogP contribution is 2.42. The van der Waals surface area contributed by atoms with Crippen molar-refractivity contribution in [2.24, 2.45) is 0 Å². The van der Waals surface area contributed by atoms with Gasteiger partial charge < -0.3 is 14.2 Å². The molecule has 0 fully saturated rings. The second-order valence-electron chi connectivity index (χ2n) is 7.75. The molecule has 0 unspecified atom stereocenters. The van der Waals surface area contributed by atoms with Crippen LogP contribution >= 0.6 is 0 Å². The third-order valence-electron chi connectivity index (χ3n) is 5.90. The van der Waals surface area contributed by atoms with Gasteiger partial charge in [0.25, 0.3) is 11.8 Å². The molecule has 0 radical (unpaired) electrons. The summed E-state index contributed by atoms with van der Waals surface area (Å²) in [6, 6.07) is 14.7. The number of rotatable bonds is 6. The number of amides is 2. The number of aryl methyl sites for hydroxylation is 2. The fourth-order valence-electron chi connectivity index (χ4n) is 4.07. The largest absolute Gasteiger partial charge is 0.493 e. The highest BCUT2D eigenvalue weighted by Gasteiger charge is 2.35. The van der Waals surface area contributed by atoms with Gasteiger partial charge in [-0.25, -0.2) is 0 Å². The van der Waals surface area contributed by atoms with Crippen molar-refractivity contribution in [2.45, 2.75) is 20.4 Å². The zero-order valence-corrected chi connectivity index (χ0v) is 18.8. The number of fused-ring (bicyclic) bond motifs is 1. The van der Waals surface area contributed by atoms with E-state index in [-0.39, 0.29) is 18.4 Å². The molecule has 164 valence electrons. The lowest BCUT2D eigenvalue weighted by molar-refractivity contribution is 0.0642. The molecule has 32 heavy (non-hydrogen) atoms. The average molecular weight is 431 g/mol. The number of benzene rings is 3. The maximum atomic E-state index is 12.9. The van der Waals surface area contributed by atoms with Gasteiger partial charge in [-0.05, 0) is 65.9 Å². The third kappa shape index (κ3) is 3.47. The predicted octanol–water partition coefficient (Wildman–Crippen LogP) is 4.79. The quantitative estimate of drug-likeness (QED) is 0.525. The Morgan fingerprint density at radius 3 is 1.75 bits per heavy atom. The van der Waals surface area contributed by atoms with Crippen molar-refractivity contribution in [3.05, 3.63) is 76.3 Å². The van der Waals surface area contributed by atoms with E-state index in [9.17, 15) is 9.59 Å². The maximum absolute atomic E-state index is 12.9. The summed E-state index contributed by atoms with van der Waals surface area (Å²) in [6.07, 6.45) is 0. The number of ether oxygens (including phenoxy) is 3. The van der Waals surface area contributed by atoms with Gasteiger partial charge in [-0.1, -0.05) is 24.3 Å². The topological polar surface area (TPSA) is 65.1 Å². The van der Waals surface area contributed by atoms with E-state index in [0.717, 1.165) is 27.8 Å². The summed E-state index contributed by atoms with van der Waals surface area (Å²) >= 11 is 0. The number of carbonyl (C=O) groups is 2. The second-order valence-corrected chi connectivity index (χ2v) is 7.75. The maximum Gasteiger partial charge on any atom is 0.261 e. The van der Waals surface area contributed by atoms with E-state index in [1.54, 1.807) is 45.6 Å². The molecule has 0 saturated carbocycles. The molecule has 0 atom stereocenters. The van der Waals surface area contributed by atoms with E-state index in [1.807, 2.05) is 32.0 Å². The minimum atomic E-state index is -0.278. The summed E-state index contributed by atoms with van der Waals surface area (Å²) in [4.78, 5) is 27.2. The van der Waals surface area contributed by atoms with Crippen LogP contribution in [0, 0.1) is 13.8 Å². The minimum absolute atomic E-state index is 0.166. The van der Waals surface area contributed by atoms with Crippen LogP contribution in [-0.2, 0) is 6.54 Å². The van der Waals surface area contributed by atoms with Crippen molar-refractivity contribution in [1.29, 1.82) is 0 Å². The summed E-state index contributed by atoms with van der Waals surface area (Å²) in [7, 11) is 4.70. The van der Waals surface area contributed by atoms with E-state index in [4.69, 9.17) is 14.2 Å². The first-order valence-electron chi connectivity index (χ1n) is 10.2. The normalized spacial score (nSPS) is 12.7. The van der Waals surface area contributed by atoms with Crippen LogP contribution < -0.4 is 14.2 Å². The highest BCUT2D eigenvalue weighted by atomic mass is 16.5. The standard InChI is InChI=1S/C26H25NO5/c1-15-10-18(14-27-25(28)19-8-6-7-9-20(19)26(27)29)21(11-16(15)2)17-12-22(30-3)24(32-5)23(13-17)31-4/h6-13H,14H2,1-5H3. The first-order chi connectivity index (χ1) is 15.4. The van der Waals surface area contributed by atoms with Crippen molar-refractivity contribution in [1.82, 2.24) is 4.90 Å². The van der Waals surface area contributed by atoms with Crippen molar-refractivity contribution >= 4 is 11.8 Å². The van der Waals surface area contributed by atoms with E-state index >= 15 is 0 Å². The lowest BCUT2D eigenvalue weighted by atomic mass is 9.93. The van der Waals surface area contributed by atoms with Crippen molar-refractivity contribution in [3.8, 4) is 28.4 Å². The summed E-state index contributed by atoms with van der Waals surface area (Å²) in [5.41, 5.74) is 5.65. The fourth-order valence-corrected chi connectivity index (χ4v) is 4.07. The Balaban J connectivity index is 1.82. The Morgan fingerprint density at radius 2 is 1.25 bits per heavy atom. The van der Waals surface area contributed by atoms with E-state index in [2.05, 4.69) is 6.07 Å². The lowest BCUT2D eigenvalue weighted by Crippen LogP contribution is -2.29. The zero-order chi connectivity index (χ0) is 23.0. The molecule has 1 heterocycles.